The third-order valence-corrected chi connectivity index (χ3v) is 4.61. The van der Waals surface area contributed by atoms with Crippen molar-refractivity contribution in [3.05, 3.63) is 22.2 Å². The van der Waals surface area contributed by atoms with Crippen LogP contribution in [0.25, 0.3) is 0 Å². The van der Waals surface area contributed by atoms with E-state index in [1.165, 1.54) is 18.4 Å². The maximum atomic E-state index is 5.74. The maximum Gasteiger partial charge on any atom is 0.162 e. The van der Waals surface area contributed by atoms with Crippen LogP contribution in [-0.4, -0.2) is 19.8 Å². The molecule has 2 atom stereocenters. The first-order valence-electron chi connectivity index (χ1n) is 7.99. The molecule has 118 valence electrons. The molecule has 2 unspecified atom stereocenters. The fourth-order valence-electron chi connectivity index (χ4n) is 2.86. The smallest absolute Gasteiger partial charge is 0.162 e. The summed E-state index contributed by atoms with van der Waals surface area (Å²) in [6.45, 7) is 9.05. The Bertz CT molecular complexity index is 464. The van der Waals surface area contributed by atoms with Crippen molar-refractivity contribution in [2.24, 2.45) is 5.92 Å². The van der Waals surface area contributed by atoms with Crippen LogP contribution in [0.2, 0.25) is 0 Å². The van der Waals surface area contributed by atoms with Gasteiger partial charge in [-0.1, -0.05) is 43.1 Å². The van der Waals surface area contributed by atoms with Crippen molar-refractivity contribution >= 4 is 15.9 Å². The van der Waals surface area contributed by atoms with Gasteiger partial charge in [0.2, 0.25) is 0 Å². The van der Waals surface area contributed by atoms with E-state index in [9.17, 15) is 0 Å². The second kappa shape index (κ2) is 8.04. The third kappa shape index (κ3) is 4.13. The summed E-state index contributed by atoms with van der Waals surface area (Å²) >= 11 is 3.71. The summed E-state index contributed by atoms with van der Waals surface area (Å²) in [5, 5.41) is 3.69. The Morgan fingerprint density at radius 2 is 1.81 bits per heavy atom. The molecule has 1 heterocycles. The number of rotatable bonds is 7. The Balaban J connectivity index is 2.29. The fourth-order valence-corrected chi connectivity index (χ4v) is 3.43. The lowest BCUT2D eigenvalue weighted by Gasteiger charge is -2.28. The molecule has 0 spiro atoms. The van der Waals surface area contributed by atoms with E-state index < -0.39 is 0 Å². The predicted molar refractivity (Wildman–Crippen MR) is 90.2 cm³/mol. The minimum absolute atomic E-state index is 0.343. The normalized spacial score (nSPS) is 16.6. The molecule has 1 aliphatic heterocycles. The van der Waals surface area contributed by atoms with Gasteiger partial charge in [-0.25, -0.2) is 0 Å². The van der Waals surface area contributed by atoms with E-state index in [-0.39, 0.29) is 0 Å². The molecule has 0 aromatic heterocycles. The number of fused-ring (bicyclic) bond motifs is 1. The molecule has 4 heteroatoms. The average molecular weight is 356 g/mol. The van der Waals surface area contributed by atoms with Gasteiger partial charge in [0.1, 0.15) is 13.2 Å². The Kier molecular flexibility index (Phi) is 6.37. The van der Waals surface area contributed by atoms with Gasteiger partial charge in [0.15, 0.2) is 11.5 Å². The van der Waals surface area contributed by atoms with Crippen molar-refractivity contribution < 1.29 is 9.47 Å². The number of hydrogen-bond donors (Lipinski definition) is 1. The molecule has 1 aliphatic rings. The summed E-state index contributed by atoms with van der Waals surface area (Å²) in [6, 6.07) is 4.52. The molecule has 1 N–H and O–H groups in total. The van der Waals surface area contributed by atoms with Crippen LogP contribution < -0.4 is 14.8 Å². The predicted octanol–water partition coefficient (Wildman–Crippen LogP) is 4.70. The first-order valence-corrected chi connectivity index (χ1v) is 8.79. The van der Waals surface area contributed by atoms with Crippen LogP contribution in [0.5, 0.6) is 11.5 Å². The molecule has 0 amide bonds. The zero-order chi connectivity index (χ0) is 15.2. The van der Waals surface area contributed by atoms with E-state index in [2.05, 4.69) is 48.1 Å². The van der Waals surface area contributed by atoms with Gasteiger partial charge in [0, 0.05) is 10.5 Å². The highest BCUT2D eigenvalue weighted by molar-refractivity contribution is 9.10. The minimum Gasteiger partial charge on any atom is -0.486 e. The van der Waals surface area contributed by atoms with Crippen molar-refractivity contribution in [1.82, 2.24) is 5.32 Å². The van der Waals surface area contributed by atoms with Gasteiger partial charge in [-0.05, 0) is 43.0 Å². The fraction of sp³-hybridized carbons (Fsp3) is 0.647. The summed E-state index contributed by atoms with van der Waals surface area (Å²) in [6.07, 6.45) is 3.55. The molecule has 1 aromatic carbocycles. The molecule has 21 heavy (non-hydrogen) atoms. The lowest BCUT2D eigenvalue weighted by Crippen LogP contribution is -2.28. The highest BCUT2D eigenvalue weighted by atomic mass is 79.9. The van der Waals surface area contributed by atoms with Crippen molar-refractivity contribution in [2.45, 2.75) is 46.1 Å². The van der Waals surface area contributed by atoms with Crippen molar-refractivity contribution in [2.75, 3.05) is 19.8 Å². The molecule has 3 nitrogen and oxygen atoms in total. The van der Waals surface area contributed by atoms with Crippen molar-refractivity contribution in [3.8, 4) is 11.5 Å². The maximum absolute atomic E-state index is 5.74. The zero-order valence-corrected chi connectivity index (χ0v) is 14.8. The van der Waals surface area contributed by atoms with Gasteiger partial charge in [-0.15, -0.1) is 0 Å². The summed E-state index contributed by atoms with van der Waals surface area (Å²) in [5.74, 6) is 2.29. The van der Waals surface area contributed by atoms with Gasteiger partial charge < -0.3 is 14.8 Å². The molecule has 0 radical (unpaired) electrons. The van der Waals surface area contributed by atoms with Crippen LogP contribution in [0.4, 0.5) is 0 Å². The number of hydrogen-bond acceptors (Lipinski definition) is 3. The quantitative estimate of drug-likeness (QED) is 0.768. The molecular weight excluding hydrogens is 330 g/mol. The molecule has 2 rings (SSSR count). The molecule has 0 saturated heterocycles. The average Bonchev–Trinajstić information content (AvgIpc) is 2.48. The third-order valence-electron chi connectivity index (χ3n) is 3.92. The largest absolute Gasteiger partial charge is 0.486 e. The lowest BCUT2D eigenvalue weighted by atomic mass is 9.90. The van der Waals surface area contributed by atoms with Gasteiger partial charge in [0.25, 0.3) is 0 Å². The van der Waals surface area contributed by atoms with E-state index in [1.807, 2.05) is 6.07 Å². The Morgan fingerprint density at radius 1 is 1.14 bits per heavy atom. The van der Waals surface area contributed by atoms with Crippen LogP contribution in [0, 0.1) is 5.92 Å². The first kappa shape index (κ1) is 16.6. The Morgan fingerprint density at radius 3 is 2.43 bits per heavy atom. The van der Waals surface area contributed by atoms with E-state index in [0.717, 1.165) is 28.9 Å². The highest BCUT2D eigenvalue weighted by Crippen LogP contribution is 2.40. The van der Waals surface area contributed by atoms with Crippen LogP contribution in [-0.2, 0) is 0 Å². The summed E-state index contributed by atoms with van der Waals surface area (Å²) in [7, 11) is 0. The number of benzene rings is 1. The van der Waals surface area contributed by atoms with Crippen LogP contribution in [0.15, 0.2) is 16.6 Å². The summed E-state index contributed by atoms with van der Waals surface area (Å²) in [4.78, 5) is 0. The second-order valence-electron chi connectivity index (χ2n) is 5.72. The van der Waals surface area contributed by atoms with Gasteiger partial charge in [-0.2, -0.15) is 0 Å². The van der Waals surface area contributed by atoms with Crippen molar-refractivity contribution in [3.63, 3.8) is 0 Å². The highest BCUT2D eigenvalue weighted by Gasteiger charge is 2.23. The standard InChI is InChI=1S/C17H26BrNO2/c1-4-6-12(3)17(19-7-5-2)13-10-15-16(11-14(13)18)21-9-8-20-15/h10-12,17,19H,4-9H2,1-3H3. The zero-order valence-electron chi connectivity index (χ0n) is 13.2. The van der Waals surface area contributed by atoms with E-state index >= 15 is 0 Å². The van der Waals surface area contributed by atoms with E-state index in [0.29, 0.717) is 25.2 Å². The first-order chi connectivity index (χ1) is 10.2. The minimum atomic E-state index is 0.343. The summed E-state index contributed by atoms with van der Waals surface area (Å²) < 4.78 is 12.5. The molecule has 0 aliphatic carbocycles. The van der Waals surface area contributed by atoms with E-state index in [1.54, 1.807) is 0 Å². The molecule has 1 aromatic rings. The second-order valence-corrected chi connectivity index (χ2v) is 6.57. The van der Waals surface area contributed by atoms with Crippen LogP contribution in [0.1, 0.15) is 51.6 Å². The number of ether oxygens (including phenoxy) is 2. The van der Waals surface area contributed by atoms with Gasteiger partial charge in [-0.3, -0.25) is 0 Å². The van der Waals surface area contributed by atoms with Crippen LogP contribution >= 0.6 is 15.9 Å². The van der Waals surface area contributed by atoms with Gasteiger partial charge in [0.05, 0.1) is 0 Å². The Hall–Kier alpha value is -0.740. The number of halogens is 1. The van der Waals surface area contributed by atoms with Gasteiger partial charge >= 0.3 is 0 Å². The molecule has 0 fully saturated rings. The lowest BCUT2D eigenvalue weighted by molar-refractivity contribution is 0.171. The van der Waals surface area contributed by atoms with Crippen LogP contribution in [0.3, 0.4) is 0 Å². The summed E-state index contributed by atoms with van der Waals surface area (Å²) in [5.41, 5.74) is 1.27. The SMILES string of the molecule is CCCNC(c1cc2c(cc1Br)OCCO2)C(C)CCC. The molecular formula is C17H26BrNO2. The monoisotopic (exact) mass is 355 g/mol. The molecule has 0 saturated carbocycles. The van der Waals surface area contributed by atoms with E-state index in [4.69, 9.17) is 9.47 Å². The molecule has 0 bridgehead atoms. The van der Waals surface area contributed by atoms with Crippen molar-refractivity contribution in [1.29, 1.82) is 0 Å². The topological polar surface area (TPSA) is 30.5 Å². The Labute approximate surface area is 136 Å². The number of nitrogens with one attached hydrogen (secondary N) is 1.